The summed E-state index contributed by atoms with van der Waals surface area (Å²) in [6, 6.07) is 9.82. The second kappa shape index (κ2) is 5.17. The Balaban J connectivity index is 1.58. The molecule has 2 rings (SSSR count). The van der Waals surface area contributed by atoms with Gasteiger partial charge in [-0.15, -0.1) is 0 Å². The van der Waals surface area contributed by atoms with Crippen molar-refractivity contribution in [2.75, 3.05) is 6.61 Å². The van der Waals surface area contributed by atoms with Gasteiger partial charge in [0.1, 0.15) is 5.75 Å². The maximum absolute atomic E-state index is 9.63. The van der Waals surface area contributed by atoms with Gasteiger partial charge in [-0.3, -0.25) is 0 Å². The van der Waals surface area contributed by atoms with Crippen LogP contribution in [-0.2, 0) is 0 Å². The van der Waals surface area contributed by atoms with E-state index in [-0.39, 0.29) is 6.10 Å². The number of aliphatic hydroxyl groups is 1. The summed E-state index contributed by atoms with van der Waals surface area (Å²) in [6.07, 6.45) is 4.13. The first-order chi connectivity index (χ1) is 7.36. The van der Waals surface area contributed by atoms with Gasteiger partial charge in [0.05, 0.1) is 12.7 Å². The van der Waals surface area contributed by atoms with Crippen molar-refractivity contribution in [1.82, 2.24) is 0 Å². The molecule has 82 valence electrons. The third kappa shape index (κ3) is 3.56. The van der Waals surface area contributed by atoms with Crippen LogP contribution in [0.5, 0.6) is 5.75 Å². The summed E-state index contributed by atoms with van der Waals surface area (Å²) in [6.45, 7) is 0.702. The highest BCUT2D eigenvalue weighted by Crippen LogP contribution is 2.34. The molecule has 0 spiro atoms. The fraction of sp³-hybridized carbons (Fsp3) is 0.538. The van der Waals surface area contributed by atoms with Crippen molar-refractivity contribution in [3.63, 3.8) is 0 Å². The van der Waals surface area contributed by atoms with Crippen LogP contribution in [0.2, 0.25) is 0 Å². The molecule has 1 aromatic carbocycles. The van der Waals surface area contributed by atoms with E-state index >= 15 is 0 Å². The van der Waals surface area contributed by atoms with Crippen LogP contribution in [-0.4, -0.2) is 17.8 Å². The van der Waals surface area contributed by atoms with Gasteiger partial charge >= 0.3 is 0 Å². The zero-order valence-electron chi connectivity index (χ0n) is 8.93. The fourth-order valence-corrected chi connectivity index (χ4v) is 1.72. The van der Waals surface area contributed by atoms with E-state index in [1.54, 1.807) is 0 Å². The monoisotopic (exact) mass is 206 g/mol. The number of aliphatic hydroxyl groups excluding tert-OH is 1. The Hall–Kier alpha value is -1.02. The quantitative estimate of drug-likeness (QED) is 0.725. The van der Waals surface area contributed by atoms with Gasteiger partial charge in [-0.1, -0.05) is 18.2 Å². The molecule has 0 aliphatic heterocycles. The summed E-state index contributed by atoms with van der Waals surface area (Å²) < 4.78 is 5.55. The molecule has 1 aromatic rings. The van der Waals surface area contributed by atoms with Crippen LogP contribution < -0.4 is 4.74 Å². The van der Waals surface area contributed by atoms with Crippen LogP contribution in [0.4, 0.5) is 0 Å². The number of hydrogen-bond donors (Lipinski definition) is 1. The van der Waals surface area contributed by atoms with Crippen molar-refractivity contribution in [3.05, 3.63) is 30.3 Å². The van der Waals surface area contributed by atoms with Gasteiger partial charge in [0.25, 0.3) is 0 Å². The van der Waals surface area contributed by atoms with Crippen molar-refractivity contribution in [3.8, 4) is 5.75 Å². The number of hydrogen-bond acceptors (Lipinski definition) is 2. The summed E-state index contributed by atoms with van der Waals surface area (Å²) in [5.74, 6) is 1.50. The van der Waals surface area contributed by atoms with Crippen molar-refractivity contribution in [2.24, 2.45) is 5.92 Å². The van der Waals surface area contributed by atoms with Gasteiger partial charge in [-0.2, -0.15) is 0 Å². The summed E-state index contributed by atoms with van der Waals surface area (Å²) in [7, 11) is 0. The average Bonchev–Trinajstić information content (AvgIpc) is 3.09. The number of rotatable bonds is 6. The van der Waals surface area contributed by atoms with Gasteiger partial charge in [0.2, 0.25) is 0 Å². The molecule has 1 fully saturated rings. The highest BCUT2D eigenvalue weighted by molar-refractivity contribution is 5.20. The first-order valence-electron chi connectivity index (χ1n) is 5.72. The lowest BCUT2D eigenvalue weighted by Gasteiger charge is -2.09. The van der Waals surface area contributed by atoms with E-state index in [0.717, 1.165) is 18.6 Å². The van der Waals surface area contributed by atoms with Crippen molar-refractivity contribution < 1.29 is 9.84 Å². The standard InChI is InChI=1S/C13H18O2/c14-13(11-8-9-11)7-4-10-15-12-5-2-1-3-6-12/h1-3,5-6,11,13-14H,4,7-10H2. The van der Waals surface area contributed by atoms with E-state index in [1.807, 2.05) is 30.3 Å². The van der Waals surface area contributed by atoms with Crippen LogP contribution in [0.1, 0.15) is 25.7 Å². The molecule has 15 heavy (non-hydrogen) atoms. The molecule has 0 bridgehead atoms. The molecule has 0 aromatic heterocycles. The Bertz CT molecular complexity index is 280. The van der Waals surface area contributed by atoms with Gasteiger partial charge in [0.15, 0.2) is 0 Å². The summed E-state index contributed by atoms with van der Waals surface area (Å²) in [5.41, 5.74) is 0. The SMILES string of the molecule is OC(CCCOc1ccccc1)C1CC1. The molecular weight excluding hydrogens is 188 g/mol. The molecule has 0 saturated heterocycles. The first-order valence-corrected chi connectivity index (χ1v) is 5.72. The highest BCUT2D eigenvalue weighted by Gasteiger charge is 2.28. The van der Waals surface area contributed by atoms with Crippen LogP contribution >= 0.6 is 0 Å². The Labute approximate surface area is 90.9 Å². The van der Waals surface area contributed by atoms with E-state index in [2.05, 4.69) is 0 Å². The summed E-state index contributed by atoms with van der Waals surface area (Å²) >= 11 is 0. The van der Waals surface area contributed by atoms with Crippen LogP contribution in [0, 0.1) is 5.92 Å². The molecule has 1 aliphatic carbocycles. The summed E-state index contributed by atoms with van der Waals surface area (Å²) in [4.78, 5) is 0. The van der Waals surface area contributed by atoms with E-state index in [9.17, 15) is 5.11 Å². The van der Waals surface area contributed by atoms with Gasteiger partial charge in [-0.05, 0) is 43.7 Å². The molecule has 2 nitrogen and oxygen atoms in total. The Kier molecular flexibility index (Phi) is 3.62. The second-order valence-electron chi connectivity index (χ2n) is 4.21. The van der Waals surface area contributed by atoms with Gasteiger partial charge in [-0.25, -0.2) is 0 Å². The zero-order valence-corrected chi connectivity index (χ0v) is 8.93. The van der Waals surface area contributed by atoms with E-state index in [1.165, 1.54) is 12.8 Å². The average molecular weight is 206 g/mol. The topological polar surface area (TPSA) is 29.5 Å². The van der Waals surface area contributed by atoms with Crippen LogP contribution in [0.3, 0.4) is 0 Å². The van der Waals surface area contributed by atoms with Gasteiger partial charge in [0, 0.05) is 0 Å². The molecule has 1 aliphatic rings. The number of para-hydroxylation sites is 1. The Morgan fingerprint density at radius 1 is 1.27 bits per heavy atom. The predicted octanol–water partition coefficient (Wildman–Crippen LogP) is 2.62. The molecule has 0 radical (unpaired) electrons. The minimum Gasteiger partial charge on any atom is -0.494 e. The third-order valence-electron chi connectivity index (χ3n) is 2.82. The predicted molar refractivity (Wildman–Crippen MR) is 59.9 cm³/mol. The first kappa shape index (κ1) is 10.5. The Morgan fingerprint density at radius 2 is 2.00 bits per heavy atom. The maximum Gasteiger partial charge on any atom is 0.119 e. The highest BCUT2D eigenvalue weighted by atomic mass is 16.5. The van der Waals surface area contributed by atoms with E-state index in [4.69, 9.17) is 4.74 Å². The molecule has 1 atom stereocenters. The zero-order chi connectivity index (χ0) is 10.5. The molecule has 2 heteroatoms. The van der Waals surface area contributed by atoms with E-state index in [0.29, 0.717) is 12.5 Å². The normalized spacial score (nSPS) is 17.4. The third-order valence-corrected chi connectivity index (χ3v) is 2.82. The van der Waals surface area contributed by atoms with Crippen molar-refractivity contribution >= 4 is 0 Å². The minimum atomic E-state index is -0.0932. The molecule has 1 saturated carbocycles. The number of ether oxygens (including phenoxy) is 1. The fourth-order valence-electron chi connectivity index (χ4n) is 1.72. The van der Waals surface area contributed by atoms with Crippen LogP contribution in [0.25, 0.3) is 0 Å². The summed E-state index contributed by atoms with van der Waals surface area (Å²) in [5, 5.41) is 9.63. The number of benzene rings is 1. The minimum absolute atomic E-state index is 0.0932. The lowest BCUT2D eigenvalue weighted by molar-refractivity contribution is 0.131. The smallest absolute Gasteiger partial charge is 0.119 e. The molecular formula is C13H18O2. The molecule has 0 heterocycles. The van der Waals surface area contributed by atoms with Crippen LogP contribution in [0.15, 0.2) is 30.3 Å². The lowest BCUT2D eigenvalue weighted by Crippen LogP contribution is -2.10. The largest absolute Gasteiger partial charge is 0.494 e. The maximum atomic E-state index is 9.63. The lowest BCUT2D eigenvalue weighted by atomic mass is 10.1. The van der Waals surface area contributed by atoms with Crippen molar-refractivity contribution in [2.45, 2.75) is 31.8 Å². The van der Waals surface area contributed by atoms with E-state index < -0.39 is 0 Å². The molecule has 1 unspecified atom stereocenters. The second-order valence-corrected chi connectivity index (χ2v) is 4.21. The van der Waals surface area contributed by atoms with Gasteiger partial charge < -0.3 is 9.84 Å². The molecule has 1 N–H and O–H groups in total. The molecule has 0 amide bonds. The Morgan fingerprint density at radius 3 is 2.67 bits per heavy atom. The van der Waals surface area contributed by atoms with Crippen molar-refractivity contribution in [1.29, 1.82) is 0 Å².